The maximum atomic E-state index is 12.6. The number of nitrogens with one attached hydrogen (secondary N) is 1. The van der Waals surface area contributed by atoms with Crippen molar-refractivity contribution in [3.8, 4) is 0 Å². The number of ether oxygens (including phenoxy) is 1. The number of esters is 1. The molecule has 0 aliphatic carbocycles. The van der Waals surface area contributed by atoms with Gasteiger partial charge in [-0.2, -0.15) is 0 Å². The topological polar surface area (TPSA) is 95.9 Å². The Morgan fingerprint density at radius 1 is 0.292 bits per heavy atom. The van der Waals surface area contributed by atoms with Crippen molar-refractivity contribution >= 4 is 11.9 Å². The van der Waals surface area contributed by atoms with Crippen molar-refractivity contribution in [3.05, 3.63) is 36.5 Å². The summed E-state index contributed by atoms with van der Waals surface area (Å²) in [5.74, 6) is -0.0146. The second kappa shape index (κ2) is 85.5. The molecule has 6 heteroatoms. The van der Waals surface area contributed by atoms with E-state index in [1.807, 2.05) is 0 Å². The Kier molecular flexibility index (Phi) is 83.8. The first-order chi connectivity index (χ1) is 47.5. The summed E-state index contributed by atoms with van der Waals surface area (Å²) in [5, 5.41) is 23.5. The third-order valence-electron chi connectivity index (χ3n) is 20.9. The fraction of sp³-hybridized carbons (Fsp3) is 0.911. The molecule has 0 saturated carbocycles. The van der Waals surface area contributed by atoms with Crippen molar-refractivity contribution in [2.75, 3.05) is 13.2 Å². The van der Waals surface area contributed by atoms with Gasteiger partial charge in [-0.25, -0.2) is 0 Å². The van der Waals surface area contributed by atoms with Gasteiger partial charge in [0.25, 0.3) is 0 Å². The summed E-state index contributed by atoms with van der Waals surface area (Å²) in [4.78, 5) is 24.7. The predicted molar refractivity (Wildman–Crippen MR) is 426 cm³/mol. The van der Waals surface area contributed by atoms with Crippen LogP contribution in [0.2, 0.25) is 0 Å². The van der Waals surface area contributed by atoms with Crippen LogP contribution in [-0.4, -0.2) is 47.4 Å². The zero-order valence-electron chi connectivity index (χ0n) is 65.4. The molecule has 0 rings (SSSR count). The quantitative estimate of drug-likeness (QED) is 0.0320. The molecule has 568 valence electrons. The van der Waals surface area contributed by atoms with Gasteiger partial charge in [-0.15, -0.1) is 0 Å². The highest BCUT2D eigenvalue weighted by Crippen LogP contribution is 2.21. The van der Waals surface area contributed by atoms with E-state index in [2.05, 4.69) is 55.6 Å². The SMILES string of the molecule is CCCCCC/C=C\C/C=C\CCCCCCCC(=O)OCCCCCCCCCCCCCCCCCCCC/C=C\CCCCCCCCCCCCCCCCCCCC(=O)NC(CO)C(O)CCCCCCCCCCCCCCCCCCCCCCCCCC. The molecule has 6 nitrogen and oxygen atoms in total. The molecule has 1 amide bonds. The minimum absolute atomic E-state index is 0.00986. The van der Waals surface area contributed by atoms with E-state index in [4.69, 9.17) is 4.74 Å². The van der Waals surface area contributed by atoms with E-state index in [9.17, 15) is 19.8 Å². The van der Waals surface area contributed by atoms with Gasteiger partial charge in [-0.1, -0.05) is 442 Å². The Hall–Kier alpha value is -1.92. The molecular formula is C90H173NO5. The molecule has 0 fully saturated rings. The summed E-state index contributed by atoms with van der Waals surface area (Å²) in [6.07, 6.45) is 113. The average molecular weight is 1350 g/mol. The molecule has 96 heavy (non-hydrogen) atoms. The minimum Gasteiger partial charge on any atom is -0.466 e. The normalized spacial score (nSPS) is 12.6. The van der Waals surface area contributed by atoms with Crippen LogP contribution in [0.15, 0.2) is 36.5 Å². The highest BCUT2D eigenvalue weighted by Gasteiger charge is 2.20. The first-order valence-corrected chi connectivity index (χ1v) is 44.2. The summed E-state index contributed by atoms with van der Waals surface area (Å²) in [6, 6.07) is -0.540. The number of allylic oxidation sites excluding steroid dienone is 6. The Morgan fingerprint density at radius 3 is 0.812 bits per heavy atom. The van der Waals surface area contributed by atoms with Gasteiger partial charge < -0.3 is 20.3 Å². The molecule has 2 unspecified atom stereocenters. The first-order valence-electron chi connectivity index (χ1n) is 44.2. The number of carbonyl (C=O) groups excluding carboxylic acids is 2. The number of amides is 1. The van der Waals surface area contributed by atoms with Crippen molar-refractivity contribution in [2.24, 2.45) is 0 Å². The van der Waals surface area contributed by atoms with Crippen LogP contribution in [0.25, 0.3) is 0 Å². The predicted octanol–water partition coefficient (Wildman–Crippen LogP) is 29.7. The monoisotopic (exact) mass is 1350 g/mol. The lowest BCUT2D eigenvalue weighted by Gasteiger charge is -2.22. The van der Waals surface area contributed by atoms with Crippen LogP contribution < -0.4 is 5.32 Å². The molecule has 0 aromatic rings. The second-order valence-corrected chi connectivity index (χ2v) is 30.6. The van der Waals surface area contributed by atoms with Crippen LogP contribution in [0.3, 0.4) is 0 Å². The highest BCUT2D eigenvalue weighted by molar-refractivity contribution is 5.76. The Bertz CT molecular complexity index is 1560. The van der Waals surface area contributed by atoms with E-state index in [0.717, 1.165) is 51.4 Å². The Morgan fingerprint density at radius 2 is 0.521 bits per heavy atom. The molecule has 3 N–H and O–H groups in total. The van der Waals surface area contributed by atoms with Crippen LogP contribution in [0.1, 0.15) is 502 Å². The summed E-state index contributed by atoms with van der Waals surface area (Å²) >= 11 is 0. The Labute approximate surface area is 602 Å². The van der Waals surface area contributed by atoms with E-state index < -0.39 is 12.1 Å². The molecule has 0 radical (unpaired) electrons. The fourth-order valence-corrected chi connectivity index (χ4v) is 14.2. The van der Waals surface area contributed by atoms with Gasteiger partial charge in [0.15, 0.2) is 0 Å². The fourth-order valence-electron chi connectivity index (χ4n) is 14.2. The zero-order valence-corrected chi connectivity index (χ0v) is 65.4. The van der Waals surface area contributed by atoms with Gasteiger partial charge in [0.1, 0.15) is 0 Å². The van der Waals surface area contributed by atoms with E-state index in [1.165, 1.54) is 417 Å². The van der Waals surface area contributed by atoms with Crippen LogP contribution in [-0.2, 0) is 14.3 Å². The Balaban J connectivity index is 3.33. The molecule has 0 aromatic heterocycles. The lowest BCUT2D eigenvalue weighted by Crippen LogP contribution is -2.45. The van der Waals surface area contributed by atoms with Gasteiger partial charge >= 0.3 is 5.97 Å². The first kappa shape index (κ1) is 94.1. The number of unbranched alkanes of at least 4 members (excludes halogenated alkanes) is 67. The molecule has 0 bridgehead atoms. The third-order valence-corrected chi connectivity index (χ3v) is 20.9. The van der Waals surface area contributed by atoms with Crippen molar-refractivity contribution in [1.82, 2.24) is 5.32 Å². The molecule has 0 aliphatic heterocycles. The lowest BCUT2D eigenvalue weighted by atomic mass is 10.0. The summed E-state index contributed by atoms with van der Waals surface area (Å²) in [6.45, 7) is 4.99. The maximum absolute atomic E-state index is 12.6. The number of hydrogen-bond donors (Lipinski definition) is 3. The second-order valence-electron chi connectivity index (χ2n) is 30.6. The van der Waals surface area contributed by atoms with Crippen LogP contribution >= 0.6 is 0 Å². The van der Waals surface area contributed by atoms with Gasteiger partial charge in [-0.05, 0) is 83.5 Å². The maximum Gasteiger partial charge on any atom is 0.305 e. The summed E-state index contributed by atoms with van der Waals surface area (Å²) in [7, 11) is 0. The van der Waals surface area contributed by atoms with Gasteiger partial charge in [-0.3, -0.25) is 9.59 Å². The number of aliphatic hydroxyl groups is 2. The largest absolute Gasteiger partial charge is 0.466 e. The molecule has 0 aliphatic rings. The van der Waals surface area contributed by atoms with E-state index in [-0.39, 0.29) is 18.5 Å². The molecule has 0 spiro atoms. The number of rotatable bonds is 84. The van der Waals surface area contributed by atoms with Crippen LogP contribution in [0.4, 0.5) is 0 Å². The lowest BCUT2D eigenvalue weighted by molar-refractivity contribution is -0.143. The van der Waals surface area contributed by atoms with E-state index in [0.29, 0.717) is 25.9 Å². The van der Waals surface area contributed by atoms with Gasteiger partial charge in [0.2, 0.25) is 5.91 Å². The number of aliphatic hydroxyl groups excluding tert-OH is 2. The molecule has 0 aromatic carbocycles. The highest BCUT2D eigenvalue weighted by atomic mass is 16.5. The molecule has 0 heterocycles. The van der Waals surface area contributed by atoms with Crippen molar-refractivity contribution in [3.63, 3.8) is 0 Å². The molecular weight excluding hydrogens is 1170 g/mol. The standard InChI is InChI=1S/C90H173NO5/c1-3-5-7-9-11-13-15-17-19-21-22-23-24-42-45-48-51-54-58-62-66-70-74-78-82-88(93)87(86-92)91-89(94)83-79-75-71-67-63-59-55-52-49-46-43-40-38-36-34-32-30-28-26-25-27-29-31-33-35-37-39-41-44-47-50-53-57-61-65-69-73-77-81-85-96-90(95)84-80-76-72-68-64-60-56-20-18-16-14-12-10-8-6-4-2/h14,16,20,25-26,56,87-88,92-93H,3-13,15,17-19,21-24,27-55,57-86H2,1-2H3,(H,91,94)/b16-14-,26-25-,56-20-. The molecule has 2 atom stereocenters. The zero-order chi connectivity index (χ0) is 69.1. The summed E-state index contributed by atoms with van der Waals surface area (Å²) < 4.78 is 5.50. The smallest absolute Gasteiger partial charge is 0.305 e. The van der Waals surface area contributed by atoms with Gasteiger partial charge in [0, 0.05) is 12.8 Å². The average Bonchev–Trinajstić information content (AvgIpc) is 2.37. The van der Waals surface area contributed by atoms with E-state index >= 15 is 0 Å². The van der Waals surface area contributed by atoms with Crippen molar-refractivity contribution in [2.45, 2.75) is 514 Å². The van der Waals surface area contributed by atoms with E-state index in [1.54, 1.807) is 0 Å². The van der Waals surface area contributed by atoms with Gasteiger partial charge in [0.05, 0.1) is 25.4 Å². The van der Waals surface area contributed by atoms with Crippen molar-refractivity contribution < 1.29 is 24.5 Å². The summed E-state index contributed by atoms with van der Waals surface area (Å²) in [5.41, 5.74) is 0. The third kappa shape index (κ3) is 81.0. The van der Waals surface area contributed by atoms with Crippen molar-refractivity contribution in [1.29, 1.82) is 0 Å². The van der Waals surface area contributed by atoms with Crippen LogP contribution in [0.5, 0.6) is 0 Å². The molecule has 0 saturated heterocycles. The van der Waals surface area contributed by atoms with Crippen LogP contribution in [0, 0.1) is 0 Å². The number of carbonyl (C=O) groups is 2. The minimum atomic E-state index is -0.663. The number of hydrogen-bond acceptors (Lipinski definition) is 5.